The monoisotopic (exact) mass is 193 g/mol. The molecule has 14 heavy (non-hydrogen) atoms. The zero-order valence-electron chi connectivity index (χ0n) is 8.87. The fourth-order valence-corrected chi connectivity index (χ4v) is 1.65. The number of nitrogens with zero attached hydrogens (tertiary/aromatic N) is 1. The SMILES string of the molecule is C=C(/C=C\C(=C)C1CCN(C)C1)CO. The van der Waals surface area contributed by atoms with Gasteiger partial charge in [0.15, 0.2) is 0 Å². The maximum atomic E-state index is 8.77. The summed E-state index contributed by atoms with van der Waals surface area (Å²) in [5, 5.41) is 8.77. The van der Waals surface area contributed by atoms with E-state index in [0.29, 0.717) is 5.92 Å². The summed E-state index contributed by atoms with van der Waals surface area (Å²) in [6, 6.07) is 0. The molecule has 1 rings (SSSR count). The predicted octanol–water partition coefficient (Wildman–Crippen LogP) is 1.60. The Bertz CT molecular complexity index is 255. The Balaban J connectivity index is 2.42. The van der Waals surface area contributed by atoms with Crippen molar-refractivity contribution in [1.82, 2.24) is 4.90 Å². The van der Waals surface area contributed by atoms with Gasteiger partial charge < -0.3 is 10.0 Å². The molecule has 1 fully saturated rings. The Morgan fingerprint density at radius 1 is 1.50 bits per heavy atom. The summed E-state index contributed by atoms with van der Waals surface area (Å²) >= 11 is 0. The second kappa shape index (κ2) is 5.13. The lowest BCUT2D eigenvalue weighted by Crippen LogP contribution is -2.14. The molecule has 0 aromatic rings. The predicted molar refractivity (Wildman–Crippen MR) is 60.1 cm³/mol. The summed E-state index contributed by atoms with van der Waals surface area (Å²) in [6.45, 7) is 10.0. The van der Waals surface area contributed by atoms with Gasteiger partial charge in [0, 0.05) is 6.54 Å². The highest BCUT2D eigenvalue weighted by Crippen LogP contribution is 2.22. The van der Waals surface area contributed by atoms with E-state index in [2.05, 4.69) is 25.1 Å². The van der Waals surface area contributed by atoms with Crippen molar-refractivity contribution in [1.29, 1.82) is 0 Å². The Hall–Kier alpha value is -0.860. The van der Waals surface area contributed by atoms with Gasteiger partial charge in [0.05, 0.1) is 6.61 Å². The van der Waals surface area contributed by atoms with E-state index < -0.39 is 0 Å². The number of allylic oxidation sites excluding steroid dienone is 1. The summed E-state index contributed by atoms with van der Waals surface area (Å²) < 4.78 is 0. The van der Waals surface area contributed by atoms with Crippen LogP contribution < -0.4 is 0 Å². The van der Waals surface area contributed by atoms with E-state index in [1.807, 2.05) is 12.2 Å². The molecule has 0 bridgehead atoms. The minimum absolute atomic E-state index is 0.0222. The molecule has 1 atom stereocenters. The van der Waals surface area contributed by atoms with Gasteiger partial charge in [-0.1, -0.05) is 30.9 Å². The van der Waals surface area contributed by atoms with Crippen LogP contribution in [0.4, 0.5) is 0 Å². The molecule has 78 valence electrons. The lowest BCUT2D eigenvalue weighted by Gasteiger charge is -2.10. The Morgan fingerprint density at radius 2 is 2.21 bits per heavy atom. The van der Waals surface area contributed by atoms with Crippen molar-refractivity contribution in [2.45, 2.75) is 6.42 Å². The molecule has 1 unspecified atom stereocenters. The molecule has 0 aliphatic carbocycles. The second-order valence-corrected chi connectivity index (χ2v) is 3.97. The fraction of sp³-hybridized carbons (Fsp3) is 0.500. The quantitative estimate of drug-likeness (QED) is 0.685. The molecule has 1 aliphatic rings. The van der Waals surface area contributed by atoms with Gasteiger partial charge in [0.25, 0.3) is 0 Å². The van der Waals surface area contributed by atoms with Crippen LogP contribution in [0, 0.1) is 5.92 Å². The molecule has 0 amide bonds. The molecule has 1 aliphatic heterocycles. The van der Waals surface area contributed by atoms with Gasteiger partial charge in [0.1, 0.15) is 0 Å². The average Bonchev–Trinajstić information content (AvgIpc) is 2.60. The van der Waals surface area contributed by atoms with Crippen molar-refractivity contribution in [3.8, 4) is 0 Å². The molecule has 1 N–H and O–H groups in total. The third-order valence-electron chi connectivity index (χ3n) is 2.65. The largest absolute Gasteiger partial charge is 0.392 e. The van der Waals surface area contributed by atoms with Gasteiger partial charge >= 0.3 is 0 Å². The van der Waals surface area contributed by atoms with Crippen LogP contribution in [0.2, 0.25) is 0 Å². The first kappa shape index (κ1) is 11.2. The van der Waals surface area contributed by atoms with E-state index in [9.17, 15) is 0 Å². The number of hydrogen-bond donors (Lipinski definition) is 1. The van der Waals surface area contributed by atoms with Crippen molar-refractivity contribution in [2.75, 3.05) is 26.7 Å². The van der Waals surface area contributed by atoms with Crippen molar-refractivity contribution in [2.24, 2.45) is 5.92 Å². The van der Waals surface area contributed by atoms with Gasteiger partial charge in [-0.05, 0) is 31.5 Å². The van der Waals surface area contributed by atoms with Crippen LogP contribution >= 0.6 is 0 Å². The van der Waals surface area contributed by atoms with Crippen LogP contribution in [0.1, 0.15) is 6.42 Å². The highest BCUT2D eigenvalue weighted by Gasteiger charge is 2.20. The fourth-order valence-electron chi connectivity index (χ4n) is 1.65. The van der Waals surface area contributed by atoms with Gasteiger partial charge in [-0.15, -0.1) is 0 Å². The van der Waals surface area contributed by atoms with Gasteiger partial charge in [-0.3, -0.25) is 0 Å². The maximum Gasteiger partial charge on any atom is 0.0676 e. The average molecular weight is 193 g/mol. The van der Waals surface area contributed by atoms with E-state index in [4.69, 9.17) is 5.11 Å². The molecular formula is C12H19NO. The van der Waals surface area contributed by atoms with Crippen molar-refractivity contribution >= 4 is 0 Å². The van der Waals surface area contributed by atoms with Crippen LogP contribution in [-0.4, -0.2) is 36.8 Å². The molecule has 1 saturated heterocycles. The number of aliphatic hydroxyl groups excluding tert-OH is 1. The smallest absolute Gasteiger partial charge is 0.0676 e. The summed E-state index contributed by atoms with van der Waals surface area (Å²) in [4.78, 5) is 2.31. The molecule has 0 aromatic carbocycles. The highest BCUT2D eigenvalue weighted by molar-refractivity contribution is 5.26. The Morgan fingerprint density at radius 3 is 2.71 bits per heavy atom. The maximum absolute atomic E-state index is 8.77. The van der Waals surface area contributed by atoms with E-state index in [1.165, 1.54) is 6.42 Å². The molecule has 1 heterocycles. The first-order valence-electron chi connectivity index (χ1n) is 4.97. The van der Waals surface area contributed by atoms with Gasteiger partial charge in [0.2, 0.25) is 0 Å². The highest BCUT2D eigenvalue weighted by atomic mass is 16.3. The van der Waals surface area contributed by atoms with Crippen LogP contribution in [0.5, 0.6) is 0 Å². The summed E-state index contributed by atoms with van der Waals surface area (Å²) in [5.74, 6) is 0.572. The molecule has 0 aromatic heterocycles. The first-order valence-corrected chi connectivity index (χ1v) is 4.97. The lowest BCUT2D eigenvalue weighted by atomic mass is 9.99. The topological polar surface area (TPSA) is 23.5 Å². The second-order valence-electron chi connectivity index (χ2n) is 3.97. The van der Waals surface area contributed by atoms with Crippen LogP contribution in [-0.2, 0) is 0 Å². The zero-order valence-corrected chi connectivity index (χ0v) is 8.87. The molecule has 0 radical (unpaired) electrons. The van der Waals surface area contributed by atoms with E-state index >= 15 is 0 Å². The summed E-state index contributed by atoms with van der Waals surface area (Å²) in [6.07, 6.45) is 5.01. The van der Waals surface area contributed by atoms with E-state index in [0.717, 1.165) is 24.2 Å². The van der Waals surface area contributed by atoms with Crippen LogP contribution in [0.25, 0.3) is 0 Å². The lowest BCUT2D eigenvalue weighted by molar-refractivity contribution is 0.335. The normalized spacial score (nSPS) is 23.1. The Labute approximate surface area is 86.2 Å². The first-order chi connectivity index (χ1) is 6.63. The number of likely N-dealkylation sites (tertiary alicyclic amines) is 1. The van der Waals surface area contributed by atoms with E-state index in [1.54, 1.807) is 0 Å². The van der Waals surface area contributed by atoms with Crippen molar-refractivity contribution in [3.05, 3.63) is 36.5 Å². The third kappa shape index (κ3) is 3.13. The molecule has 2 heteroatoms. The zero-order chi connectivity index (χ0) is 10.6. The minimum Gasteiger partial charge on any atom is -0.392 e. The molecule has 0 saturated carbocycles. The van der Waals surface area contributed by atoms with Gasteiger partial charge in [-0.25, -0.2) is 0 Å². The minimum atomic E-state index is 0.0222. The molecule has 0 spiro atoms. The third-order valence-corrected chi connectivity index (χ3v) is 2.65. The van der Waals surface area contributed by atoms with Crippen LogP contribution in [0.15, 0.2) is 36.5 Å². The molecule has 2 nitrogen and oxygen atoms in total. The van der Waals surface area contributed by atoms with Crippen molar-refractivity contribution < 1.29 is 5.11 Å². The number of aliphatic hydroxyl groups is 1. The van der Waals surface area contributed by atoms with Gasteiger partial charge in [-0.2, -0.15) is 0 Å². The summed E-state index contributed by atoms with van der Waals surface area (Å²) in [5.41, 5.74) is 1.88. The van der Waals surface area contributed by atoms with Crippen molar-refractivity contribution in [3.63, 3.8) is 0 Å². The van der Waals surface area contributed by atoms with Crippen LogP contribution in [0.3, 0.4) is 0 Å². The Kier molecular flexibility index (Phi) is 4.11. The standard InChI is InChI=1S/C12H19NO/c1-10(9-14)4-5-11(2)12-6-7-13(3)8-12/h4-5,12,14H,1-2,6-9H2,3H3/b5-4-. The van der Waals surface area contributed by atoms with E-state index in [-0.39, 0.29) is 6.61 Å². The molecular weight excluding hydrogens is 174 g/mol. The number of rotatable bonds is 4. The number of hydrogen-bond acceptors (Lipinski definition) is 2. The summed E-state index contributed by atoms with van der Waals surface area (Å²) in [7, 11) is 2.13.